The molecule has 0 fully saturated rings. The largest absolute Gasteiger partial charge is 0.205 e. The van der Waals surface area contributed by atoms with Gasteiger partial charge in [0.05, 0.1) is 17.0 Å². The van der Waals surface area contributed by atoms with Crippen LogP contribution >= 0.6 is 12.1 Å². The standard InChI is InChI=1S/C6H3F2S/c7-5-3-1-2-4-6(5)9-8/h1-2,4H. The fourth-order valence-corrected chi connectivity index (χ4v) is 0.717. The van der Waals surface area contributed by atoms with Crippen molar-refractivity contribution in [3.8, 4) is 0 Å². The van der Waals surface area contributed by atoms with E-state index in [1.54, 1.807) is 0 Å². The van der Waals surface area contributed by atoms with Gasteiger partial charge in [0, 0.05) is 6.07 Å². The molecule has 0 saturated carbocycles. The molecule has 1 radical (unpaired) electrons. The lowest BCUT2D eigenvalue weighted by Crippen LogP contribution is -1.75. The number of halogens is 2. The second-order valence-corrected chi connectivity index (χ2v) is 2.02. The zero-order chi connectivity index (χ0) is 6.69. The summed E-state index contributed by atoms with van der Waals surface area (Å²) in [6.07, 6.45) is 0. The summed E-state index contributed by atoms with van der Waals surface area (Å²) in [7, 11) is 0. The van der Waals surface area contributed by atoms with Crippen LogP contribution in [0.5, 0.6) is 0 Å². The summed E-state index contributed by atoms with van der Waals surface area (Å²) in [5.41, 5.74) is 0. The monoisotopic (exact) mass is 145 g/mol. The molecule has 1 aromatic rings. The average molecular weight is 145 g/mol. The third kappa shape index (κ3) is 1.42. The fraction of sp³-hybridized carbons (Fsp3) is 0. The van der Waals surface area contributed by atoms with Gasteiger partial charge < -0.3 is 0 Å². The minimum atomic E-state index is -0.634. The van der Waals surface area contributed by atoms with Gasteiger partial charge in [-0.15, -0.1) is 0 Å². The zero-order valence-corrected chi connectivity index (χ0v) is 5.21. The summed E-state index contributed by atoms with van der Waals surface area (Å²) in [4.78, 5) is -0.0162. The van der Waals surface area contributed by atoms with E-state index in [0.29, 0.717) is 0 Å². The minimum absolute atomic E-state index is 0.0162. The van der Waals surface area contributed by atoms with Crippen LogP contribution in [0.3, 0.4) is 0 Å². The summed E-state index contributed by atoms with van der Waals surface area (Å²) < 4.78 is 23.9. The Morgan fingerprint density at radius 3 is 2.78 bits per heavy atom. The van der Waals surface area contributed by atoms with Gasteiger partial charge in [-0.05, 0) is 6.07 Å². The Labute approximate surface area is 56.2 Å². The Bertz CT molecular complexity index is 200. The molecule has 0 aromatic heterocycles. The van der Waals surface area contributed by atoms with Crippen LogP contribution in [0.1, 0.15) is 0 Å². The summed E-state index contributed by atoms with van der Waals surface area (Å²) in [6.45, 7) is 0. The first-order chi connectivity index (χ1) is 4.34. The molecule has 0 nitrogen and oxygen atoms in total. The van der Waals surface area contributed by atoms with Gasteiger partial charge in [0.2, 0.25) is 0 Å². The molecule has 9 heavy (non-hydrogen) atoms. The first kappa shape index (κ1) is 6.55. The van der Waals surface area contributed by atoms with Crippen molar-refractivity contribution in [2.24, 2.45) is 0 Å². The topological polar surface area (TPSA) is 0 Å². The van der Waals surface area contributed by atoms with Crippen LogP contribution in [0, 0.1) is 11.9 Å². The normalized spacial score (nSPS) is 9.56. The van der Waals surface area contributed by atoms with Crippen molar-refractivity contribution >= 4 is 12.1 Å². The van der Waals surface area contributed by atoms with Crippen molar-refractivity contribution < 1.29 is 8.28 Å². The van der Waals surface area contributed by atoms with E-state index in [0.717, 1.165) is 0 Å². The van der Waals surface area contributed by atoms with Crippen LogP contribution in [-0.2, 0) is 0 Å². The van der Waals surface area contributed by atoms with Gasteiger partial charge in [0.15, 0.2) is 0 Å². The second kappa shape index (κ2) is 2.82. The molecule has 0 aliphatic carbocycles. The number of benzene rings is 1. The van der Waals surface area contributed by atoms with Crippen LogP contribution in [0.25, 0.3) is 0 Å². The van der Waals surface area contributed by atoms with Crippen LogP contribution in [0.2, 0.25) is 0 Å². The molecule has 0 heterocycles. The molecule has 1 rings (SSSR count). The predicted molar refractivity (Wildman–Crippen MR) is 32.2 cm³/mol. The molecular weight excluding hydrogens is 142 g/mol. The molecule has 47 valence electrons. The third-order valence-corrected chi connectivity index (χ3v) is 1.33. The maximum atomic E-state index is 12.3. The molecule has 0 atom stereocenters. The molecule has 0 amide bonds. The Morgan fingerprint density at radius 1 is 1.56 bits per heavy atom. The van der Waals surface area contributed by atoms with E-state index in [4.69, 9.17) is 0 Å². The molecule has 0 unspecified atom stereocenters. The van der Waals surface area contributed by atoms with E-state index in [-0.39, 0.29) is 17.0 Å². The predicted octanol–water partition coefficient (Wildman–Crippen LogP) is 2.60. The van der Waals surface area contributed by atoms with Gasteiger partial charge in [0.1, 0.15) is 5.82 Å². The summed E-state index contributed by atoms with van der Waals surface area (Å²) in [6, 6.07) is 6.51. The van der Waals surface area contributed by atoms with E-state index >= 15 is 0 Å². The molecule has 0 aliphatic heterocycles. The zero-order valence-electron chi connectivity index (χ0n) is 4.40. The molecule has 0 aliphatic rings. The Morgan fingerprint density at radius 2 is 2.33 bits per heavy atom. The first-order valence-corrected chi connectivity index (χ1v) is 3.01. The van der Waals surface area contributed by atoms with Gasteiger partial charge in [-0.1, -0.05) is 12.1 Å². The van der Waals surface area contributed by atoms with E-state index in [1.165, 1.54) is 18.2 Å². The maximum Gasteiger partial charge on any atom is 0.147 e. The third-order valence-electron chi connectivity index (χ3n) is 0.853. The summed E-state index contributed by atoms with van der Waals surface area (Å²) in [5, 5.41) is 0. The van der Waals surface area contributed by atoms with Crippen LogP contribution < -0.4 is 0 Å². The van der Waals surface area contributed by atoms with Gasteiger partial charge in [-0.25, -0.2) is 4.39 Å². The van der Waals surface area contributed by atoms with Crippen LogP contribution in [0.4, 0.5) is 8.28 Å². The lowest BCUT2D eigenvalue weighted by Gasteiger charge is -1.90. The summed E-state index contributed by atoms with van der Waals surface area (Å²) >= 11 is -0.111. The molecule has 0 saturated heterocycles. The number of hydrogen-bond acceptors (Lipinski definition) is 1. The quantitative estimate of drug-likeness (QED) is 0.585. The van der Waals surface area contributed by atoms with E-state index in [9.17, 15) is 8.28 Å². The highest BCUT2D eigenvalue weighted by Gasteiger charge is 1.98. The van der Waals surface area contributed by atoms with Crippen molar-refractivity contribution in [2.45, 2.75) is 4.90 Å². The SMILES string of the molecule is FSc1ccc[c]c1F. The van der Waals surface area contributed by atoms with Crippen molar-refractivity contribution in [1.29, 1.82) is 0 Å². The van der Waals surface area contributed by atoms with Crippen molar-refractivity contribution in [2.75, 3.05) is 0 Å². The highest BCUT2D eigenvalue weighted by molar-refractivity contribution is 7.94. The smallest absolute Gasteiger partial charge is 0.147 e. The average Bonchev–Trinajstić information content (AvgIpc) is 1.89. The number of rotatable bonds is 1. The maximum absolute atomic E-state index is 12.3. The Balaban J connectivity index is 3.01. The lowest BCUT2D eigenvalue weighted by atomic mass is 10.4. The highest BCUT2D eigenvalue weighted by Crippen LogP contribution is 2.20. The highest BCUT2D eigenvalue weighted by atomic mass is 32.2. The first-order valence-electron chi connectivity index (χ1n) is 2.29. The molecule has 0 spiro atoms. The van der Waals surface area contributed by atoms with Gasteiger partial charge >= 0.3 is 0 Å². The molecule has 0 bridgehead atoms. The van der Waals surface area contributed by atoms with E-state index < -0.39 is 5.82 Å². The molecular formula is C6H3F2S. The lowest BCUT2D eigenvalue weighted by molar-refractivity contribution is 0.598. The molecule has 0 N–H and O–H groups in total. The van der Waals surface area contributed by atoms with Gasteiger partial charge in [-0.3, -0.25) is 0 Å². The van der Waals surface area contributed by atoms with Gasteiger partial charge in [0.25, 0.3) is 0 Å². The molecule has 3 heteroatoms. The van der Waals surface area contributed by atoms with Gasteiger partial charge in [-0.2, -0.15) is 3.89 Å². The van der Waals surface area contributed by atoms with Crippen molar-refractivity contribution in [3.05, 3.63) is 30.1 Å². The van der Waals surface area contributed by atoms with E-state index in [1.807, 2.05) is 0 Å². The second-order valence-electron chi connectivity index (χ2n) is 1.43. The van der Waals surface area contributed by atoms with Crippen molar-refractivity contribution in [3.63, 3.8) is 0 Å². The fourth-order valence-electron chi connectivity index (χ4n) is 0.461. The number of hydrogen-bond donors (Lipinski definition) is 0. The Kier molecular flexibility index (Phi) is 2.05. The van der Waals surface area contributed by atoms with Crippen LogP contribution in [-0.4, -0.2) is 0 Å². The Hall–Kier alpha value is -0.570. The summed E-state index contributed by atoms with van der Waals surface area (Å²) in [5.74, 6) is -0.634. The van der Waals surface area contributed by atoms with E-state index in [2.05, 4.69) is 6.07 Å². The van der Waals surface area contributed by atoms with Crippen LogP contribution in [0.15, 0.2) is 23.1 Å². The molecule has 1 aromatic carbocycles. The van der Waals surface area contributed by atoms with Crippen molar-refractivity contribution in [1.82, 2.24) is 0 Å². The minimum Gasteiger partial charge on any atom is -0.205 e.